The Hall–Kier alpha value is -3.87. The summed E-state index contributed by atoms with van der Waals surface area (Å²) in [6, 6.07) is 15.7. The molecule has 0 fully saturated rings. The fraction of sp³-hybridized carbons (Fsp3) is 0.174. The molecule has 0 spiro atoms. The summed E-state index contributed by atoms with van der Waals surface area (Å²) < 4.78 is 12.0. The van der Waals surface area contributed by atoms with Gasteiger partial charge in [-0.05, 0) is 48.9 Å². The van der Waals surface area contributed by atoms with Gasteiger partial charge in [-0.1, -0.05) is 18.2 Å². The van der Waals surface area contributed by atoms with Crippen molar-refractivity contribution in [3.05, 3.63) is 82.3 Å². The number of nitrogens with zero attached hydrogens (tertiary/aromatic N) is 2. The van der Waals surface area contributed by atoms with E-state index in [4.69, 9.17) is 9.47 Å². The van der Waals surface area contributed by atoms with E-state index in [2.05, 4.69) is 10.3 Å². The second kappa shape index (κ2) is 7.87. The quantitative estimate of drug-likeness (QED) is 0.517. The van der Waals surface area contributed by atoms with Gasteiger partial charge in [0, 0.05) is 6.20 Å². The molecule has 152 valence electrons. The van der Waals surface area contributed by atoms with Crippen molar-refractivity contribution in [2.24, 2.45) is 0 Å². The van der Waals surface area contributed by atoms with Crippen LogP contribution < -0.4 is 20.3 Å². The summed E-state index contributed by atoms with van der Waals surface area (Å²) in [5.74, 6) is 0.916. The van der Waals surface area contributed by atoms with Crippen molar-refractivity contribution < 1.29 is 14.3 Å². The summed E-state index contributed by atoms with van der Waals surface area (Å²) in [4.78, 5) is 30.1. The third-order valence-electron chi connectivity index (χ3n) is 5.03. The van der Waals surface area contributed by atoms with E-state index in [0.29, 0.717) is 33.6 Å². The monoisotopic (exact) mass is 403 g/mol. The zero-order chi connectivity index (χ0) is 21.3. The molecule has 4 rings (SSSR count). The Morgan fingerprint density at radius 2 is 1.80 bits per heavy atom. The van der Waals surface area contributed by atoms with Gasteiger partial charge in [0.2, 0.25) is 0 Å². The topological polar surface area (TPSA) is 81.9 Å². The van der Waals surface area contributed by atoms with Crippen LogP contribution >= 0.6 is 0 Å². The molecule has 1 unspecified atom stereocenters. The predicted molar refractivity (Wildman–Crippen MR) is 114 cm³/mol. The number of amides is 1. The summed E-state index contributed by atoms with van der Waals surface area (Å²) in [6.07, 6.45) is 1.52. The fourth-order valence-corrected chi connectivity index (χ4v) is 3.37. The van der Waals surface area contributed by atoms with Crippen molar-refractivity contribution in [2.45, 2.75) is 13.0 Å². The number of para-hydroxylation sites is 1. The average molecular weight is 403 g/mol. The molecule has 2 aromatic heterocycles. The van der Waals surface area contributed by atoms with Crippen LogP contribution in [-0.2, 0) is 0 Å². The molecule has 4 aromatic rings. The number of benzene rings is 2. The highest BCUT2D eigenvalue weighted by Crippen LogP contribution is 2.30. The van der Waals surface area contributed by atoms with Gasteiger partial charge >= 0.3 is 0 Å². The number of hydrogen-bond donors (Lipinski definition) is 1. The molecule has 0 aliphatic heterocycles. The van der Waals surface area contributed by atoms with E-state index in [1.165, 1.54) is 10.6 Å². The number of ether oxygens (including phenoxy) is 2. The van der Waals surface area contributed by atoms with Gasteiger partial charge in [-0.25, -0.2) is 4.98 Å². The van der Waals surface area contributed by atoms with Crippen LogP contribution in [0.4, 0.5) is 0 Å². The summed E-state index contributed by atoms with van der Waals surface area (Å²) in [5, 5.41) is 3.46. The Kier molecular flexibility index (Phi) is 5.10. The van der Waals surface area contributed by atoms with E-state index in [9.17, 15) is 9.59 Å². The zero-order valence-electron chi connectivity index (χ0n) is 16.9. The summed E-state index contributed by atoms with van der Waals surface area (Å²) in [7, 11) is 3.14. The minimum absolute atomic E-state index is 0.210. The Bertz CT molecular complexity index is 1310. The highest BCUT2D eigenvalue weighted by Gasteiger charge is 2.15. The van der Waals surface area contributed by atoms with Gasteiger partial charge in [-0.15, -0.1) is 0 Å². The number of fused-ring (bicyclic) bond motifs is 2. The molecule has 0 saturated heterocycles. The van der Waals surface area contributed by atoms with Crippen LogP contribution in [0.2, 0.25) is 0 Å². The molecule has 0 saturated carbocycles. The minimum atomic E-state index is -0.292. The highest BCUT2D eigenvalue weighted by atomic mass is 16.5. The Labute approximate surface area is 172 Å². The molecule has 0 bridgehead atoms. The van der Waals surface area contributed by atoms with Gasteiger partial charge < -0.3 is 14.8 Å². The SMILES string of the molecule is COc1ccc(C(C)NC(=O)c2ccc3nc4ccccc4c(=O)n3c2)cc1OC. The van der Waals surface area contributed by atoms with Crippen molar-refractivity contribution in [1.29, 1.82) is 0 Å². The first-order valence-corrected chi connectivity index (χ1v) is 9.46. The van der Waals surface area contributed by atoms with E-state index >= 15 is 0 Å². The lowest BCUT2D eigenvalue weighted by Gasteiger charge is -2.17. The van der Waals surface area contributed by atoms with E-state index in [-0.39, 0.29) is 17.5 Å². The van der Waals surface area contributed by atoms with E-state index in [1.807, 2.05) is 25.1 Å². The molecule has 30 heavy (non-hydrogen) atoms. The summed E-state index contributed by atoms with van der Waals surface area (Å²) in [6.45, 7) is 1.88. The van der Waals surface area contributed by atoms with E-state index < -0.39 is 0 Å². The molecular weight excluding hydrogens is 382 g/mol. The van der Waals surface area contributed by atoms with Gasteiger partial charge in [0.05, 0.1) is 36.7 Å². The number of hydrogen-bond acceptors (Lipinski definition) is 5. The molecule has 7 heteroatoms. The summed E-state index contributed by atoms with van der Waals surface area (Å²) in [5.41, 5.74) is 2.14. The minimum Gasteiger partial charge on any atom is -0.493 e. The third kappa shape index (κ3) is 3.45. The zero-order valence-corrected chi connectivity index (χ0v) is 16.9. The number of aromatic nitrogens is 2. The molecule has 0 radical (unpaired) electrons. The number of carbonyl (C=O) groups excluding carboxylic acids is 1. The molecule has 2 heterocycles. The first kappa shape index (κ1) is 19.4. The third-order valence-corrected chi connectivity index (χ3v) is 5.03. The van der Waals surface area contributed by atoms with Gasteiger partial charge in [0.1, 0.15) is 5.65 Å². The van der Waals surface area contributed by atoms with E-state index in [0.717, 1.165) is 5.56 Å². The molecular formula is C23H21N3O4. The van der Waals surface area contributed by atoms with Gasteiger partial charge in [0.15, 0.2) is 11.5 Å². The lowest BCUT2D eigenvalue weighted by Crippen LogP contribution is -2.27. The Morgan fingerprint density at radius 1 is 1.03 bits per heavy atom. The number of rotatable bonds is 5. The Balaban J connectivity index is 1.64. The second-order valence-electron chi connectivity index (χ2n) is 6.89. The predicted octanol–water partition coefficient (Wildman–Crippen LogP) is 3.36. The van der Waals surface area contributed by atoms with Gasteiger partial charge in [-0.2, -0.15) is 0 Å². The maximum atomic E-state index is 12.8. The van der Waals surface area contributed by atoms with Crippen LogP contribution in [0.3, 0.4) is 0 Å². The van der Waals surface area contributed by atoms with Crippen LogP contribution in [0.15, 0.2) is 65.6 Å². The average Bonchev–Trinajstić information content (AvgIpc) is 2.78. The molecule has 0 aliphatic rings. The first-order valence-electron chi connectivity index (χ1n) is 9.46. The normalized spacial score (nSPS) is 12.0. The van der Waals surface area contributed by atoms with Gasteiger partial charge in [-0.3, -0.25) is 14.0 Å². The largest absolute Gasteiger partial charge is 0.493 e. The maximum Gasteiger partial charge on any atom is 0.265 e. The van der Waals surface area contributed by atoms with E-state index in [1.54, 1.807) is 50.6 Å². The van der Waals surface area contributed by atoms with Crippen LogP contribution in [0.25, 0.3) is 16.6 Å². The van der Waals surface area contributed by atoms with Crippen molar-refractivity contribution in [1.82, 2.24) is 14.7 Å². The van der Waals surface area contributed by atoms with Crippen molar-refractivity contribution in [3.63, 3.8) is 0 Å². The Morgan fingerprint density at radius 3 is 2.57 bits per heavy atom. The molecule has 7 nitrogen and oxygen atoms in total. The lowest BCUT2D eigenvalue weighted by molar-refractivity contribution is 0.0939. The second-order valence-corrected chi connectivity index (χ2v) is 6.89. The number of nitrogens with one attached hydrogen (secondary N) is 1. The van der Waals surface area contributed by atoms with Crippen LogP contribution in [0.1, 0.15) is 28.9 Å². The fourth-order valence-electron chi connectivity index (χ4n) is 3.37. The molecule has 1 amide bonds. The molecule has 1 atom stereocenters. The summed E-state index contributed by atoms with van der Waals surface area (Å²) >= 11 is 0. The number of carbonyl (C=O) groups is 1. The first-order chi connectivity index (χ1) is 14.5. The molecule has 1 N–H and O–H groups in total. The molecule has 0 aliphatic carbocycles. The highest BCUT2D eigenvalue weighted by molar-refractivity contribution is 5.94. The van der Waals surface area contributed by atoms with Crippen molar-refractivity contribution >= 4 is 22.5 Å². The van der Waals surface area contributed by atoms with Crippen molar-refractivity contribution in [3.8, 4) is 11.5 Å². The smallest absolute Gasteiger partial charge is 0.265 e. The number of pyridine rings is 1. The van der Waals surface area contributed by atoms with Crippen LogP contribution in [0.5, 0.6) is 11.5 Å². The number of methoxy groups -OCH3 is 2. The van der Waals surface area contributed by atoms with Gasteiger partial charge in [0.25, 0.3) is 11.5 Å². The van der Waals surface area contributed by atoms with Crippen molar-refractivity contribution in [2.75, 3.05) is 14.2 Å². The van der Waals surface area contributed by atoms with Crippen LogP contribution in [0, 0.1) is 0 Å². The molecule has 2 aromatic carbocycles. The maximum absolute atomic E-state index is 12.8. The lowest BCUT2D eigenvalue weighted by atomic mass is 10.1. The van der Waals surface area contributed by atoms with Crippen LogP contribution in [-0.4, -0.2) is 29.5 Å². The standard InChI is InChI=1S/C23H21N3O4/c1-14(15-8-10-19(29-2)20(12-15)30-3)24-22(27)16-9-11-21-25-18-7-5-4-6-17(18)23(28)26(21)13-16/h4-14H,1-3H3,(H,24,27).